The minimum atomic E-state index is -1.02. The summed E-state index contributed by atoms with van der Waals surface area (Å²) >= 11 is 0. The molecule has 1 atom stereocenters. The summed E-state index contributed by atoms with van der Waals surface area (Å²) in [5.41, 5.74) is 7.53. The molecule has 0 amide bonds. The van der Waals surface area contributed by atoms with Gasteiger partial charge in [0.2, 0.25) is 0 Å². The lowest BCUT2D eigenvalue weighted by Crippen LogP contribution is -2.34. The summed E-state index contributed by atoms with van der Waals surface area (Å²) < 4.78 is 0. The minimum Gasteiger partial charge on any atom is -0.477 e. The highest BCUT2D eigenvalue weighted by molar-refractivity contribution is 5.85. The van der Waals surface area contributed by atoms with Gasteiger partial charge < -0.3 is 16.2 Å². The number of halogens is 1. The van der Waals surface area contributed by atoms with Crippen molar-refractivity contribution >= 4 is 18.4 Å². The summed E-state index contributed by atoms with van der Waals surface area (Å²) in [7, 11) is 0. The van der Waals surface area contributed by atoms with Gasteiger partial charge in [0.1, 0.15) is 5.69 Å². The molecule has 0 aliphatic carbocycles. The molecule has 1 aliphatic rings. The zero-order valence-corrected chi connectivity index (χ0v) is 8.75. The fraction of sp³-hybridized carbons (Fsp3) is 0.333. The summed E-state index contributed by atoms with van der Waals surface area (Å²) in [5.74, 6) is -1.02. The average molecular weight is 230 g/mol. The van der Waals surface area contributed by atoms with E-state index in [9.17, 15) is 4.79 Å². The Kier molecular flexibility index (Phi) is 3.62. The Morgan fingerprint density at radius 1 is 1.60 bits per heavy atom. The fourth-order valence-corrected chi connectivity index (χ4v) is 1.55. The Balaban J connectivity index is 0.00000112. The number of pyridine rings is 1. The maximum Gasteiger partial charge on any atom is 0.354 e. The largest absolute Gasteiger partial charge is 0.477 e. The standard InChI is InChI=1S/C9H11N3O2.ClH/c10-6-4-11-3-5-1-2-7(9(13)14)12-8(5)6;/h1-2,6,11H,3-4,10H2,(H,13,14);1H. The highest BCUT2D eigenvalue weighted by Crippen LogP contribution is 2.18. The highest BCUT2D eigenvalue weighted by Gasteiger charge is 2.19. The van der Waals surface area contributed by atoms with E-state index in [0.29, 0.717) is 18.8 Å². The number of nitrogens with zero attached hydrogens (tertiary/aromatic N) is 1. The first-order chi connectivity index (χ1) is 6.68. The molecule has 0 aromatic carbocycles. The van der Waals surface area contributed by atoms with E-state index >= 15 is 0 Å². The predicted molar refractivity (Wildman–Crippen MR) is 57.1 cm³/mol. The van der Waals surface area contributed by atoms with E-state index in [1.54, 1.807) is 6.07 Å². The quantitative estimate of drug-likeness (QED) is 0.645. The number of nitrogens with one attached hydrogen (secondary N) is 1. The van der Waals surface area contributed by atoms with E-state index in [0.717, 1.165) is 5.56 Å². The van der Waals surface area contributed by atoms with Crippen molar-refractivity contribution in [2.75, 3.05) is 6.54 Å². The van der Waals surface area contributed by atoms with Crippen LogP contribution in [0.25, 0.3) is 0 Å². The number of nitrogens with two attached hydrogens (primary N) is 1. The Bertz CT molecular complexity index is 384. The van der Waals surface area contributed by atoms with Crippen LogP contribution < -0.4 is 11.1 Å². The van der Waals surface area contributed by atoms with E-state index in [2.05, 4.69) is 10.3 Å². The molecular weight excluding hydrogens is 218 g/mol. The van der Waals surface area contributed by atoms with Crippen LogP contribution in [0.1, 0.15) is 27.8 Å². The predicted octanol–water partition coefficient (Wildman–Crippen LogP) is 0.305. The zero-order chi connectivity index (χ0) is 10.1. The lowest BCUT2D eigenvalue weighted by atomic mass is 10.0. The molecule has 82 valence electrons. The molecule has 2 rings (SSSR count). The van der Waals surface area contributed by atoms with Crippen molar-refractivity contribution in [3.8, 4) is 0 Å². The molecule has 15 heavy (non-hydrogen) atoms. The molecule has 5 nitrogen and oxygen atoms in total. The van der Waals surface area contributed by atoms with Gasteiger partial charge in [-0.3, -0.25) is 0 Å². The van der Waals surface area contributed by atoms with E-state index in [1.807, 2.05) is 0 Å². The van der Waals surface area contributed by atoms with Crippen LogP contribution in [0.15, 0.2) is 12.1 Å². The molecule has 1 unspecified atom stereocenters. The van der Waals surface area contributed by atoms with Crippen LogP contribution in [0.2, 0.25) is 0 Å². The molecule has 1 aliphatic heterocycles. The zero-order valence-electron chi connectivity index (χ0n) is 7.93. The molecule has 0 saturated heterocycles. The number of carboxylic acid groups (broad SMARTS) is 1. The van der Waals surface area contributed by atoms with Gasteiger partial charge >= 0.3 is 5.97 Å². The van der Waals surface area contributed by atoms with Crippen molar-refractivity contribution in [3.63, 3.8) is 0 Å². The first kappa shape index (κ1) is 11.9. The normalized spacial score (nSPS) is 18.9. The molecule has 4 N–H and O–H groups in total. The van der Waals surface area contributed by atoms with Crippen molar-refractivity contribution in [3.05, 3.63) is 29.1 Å². The van der Waals surface area contributed by atoms with Crippen molar-refractivity contribution in [2.45, 2.75) is 12.6 Å². The van der Waals surface area contributed by atoms with Crippen molar-refractivity contribution in [2.24, 2.45) is 5.73 Å². The Hall–Kier alpha value is -1.17. The first-order valence-electron chi connectivity index (χ1n) is 4.38. The van der Waals surface area contributed by atoms with Gasteiger partial charge in [0.05, 0.1) is 11.7 Å². The Labute approximate surface area is 93.1 Å². The second-order valence-corrected chi connectivity index (χ2v) is 3.28. The lowest BCUT2D eigenvalue weighted by molar-refractivity contribution is 0.0690. The smallest absolute Gasteiger partial charge is 0.354 e. The highest BCUT2D eigenvalue weighted by atomic mass is 35.5. The van der Waals surface area contributed by atoms with E-state index in [4.69, 9.17) is 10.8 Å². The molecule has 0 bridgehead atoms. The monoisotopic (exact) mass is 229 g/mol. The van der Waals surface area contributed by atoms with E-state index in [1.165, 1.54) is 6.07 Å². The topological polar surface area (TPSA) is 88.2 Å². The molecule has 0 spiro atoms. The molecule has 1 aromatic heterocycles. The van der Waals surface area contributed by atoms with Gasteiger partial charge in [-0.15, -0.1) is 12.4 Å². The van der Waals surface area contributed by atoms with E-state index in [-0.39, 0.29) is 24.1 Å². The van der Waals surface area contributed by atoms with Gasteiger partial charge in [-0.2, -0.15) is 0 Å². The maximum absolute atomic E-state index is 10.7. The number of aromatic carboxylic acids is 1. The van der Waals surface area contributed by atoms with E-state index < -0.39 is 5.97 Å². The van der Waals surface area contributed by atoms with Crippen LogP contribution >= 0.6 is 12.4 Å². The summed E-state index contributed by atoms with van der Waals surface area (Å²) in [6.07, 6.45) is 0. The van der Waals surface area contributed by atoms with Crippen LogP contribution in [0, 0.1) is 0 Å². The molecule has 6 heteroatoms. The van der Waals surface area contributed by atoms with Crippen LogP contribution in [0.4, 0.5) is 0 Å². The third-order valence-electron chi connectivity index (χ3n) is 2.26. The maximum atomic E-state index is 10.7. The van der Waals surface area contributed by atoms with Gasteiger partial charge in [0.15, 0.2) is 0 Å². The third-order valence-corrected chi connectivity index (χ3v) is 2.26. The number of hydrogen-bond donors (Lipinski definition) is 3. The SMILES string of the molecule is Cl.NC1CNCc2ccc(C(=O)O)nc21. The summed E-state index contributed by atoms with van der Waals surface area (Å²) in [5, 5.41) is 11.9. The van der Waals surface area contributed by atoms with Crippen LogP contribution in [0.5, 0.6) is 0 Å². The second kappa shape index (κ2) is 4.57. The number of carbonyl (C=O) groups is 1. The van der Waals surface area contributed by atoms with Gasteiger partial charge in [-0.1, -0.05) is 6.07 Å². The third kappa shape index (κ3) is 2.26. The molecule has 0 saturated carbocycles. The molecule has 0 fully saturated rings. The fourth-order valence-electron chi connectivity index (χ4n) is 1.55. The van der Waals surface area contributed by atoms with Crippen molar-refractivity contribution < 1.29 is 9.90 Å². The van der Waals surface area contributed by atoms with Gasteiger partial charge in [0.25, 0.3) is 0 Å². The molecular formula is C9H12ClN3O2. The average Bonchev–Trinajstić information content (AvgIpc) is 2.18. The molecule has 2 heterocycles. The number of carboxylic acids is 1. The minimum absolute atomic E-state index is 0. The van der Waals surface area contributed by atoms with Gasteiger partial charge in [-0.25, -0.2) is 9.78 Å². The number of fused-ring (bicyclic) bond motifs is 1. The van der Waals surface area contributed by atoms with Crippen LogP contribution in [-0.2, 0) is 6.54 Å². The summed E-state index contributed by atoms with van der Waals surface area (Å²) in [6.45, 7) is 1.35. The Morgan fingerprint density at radius 2 is 2.33 bits per heavy atom. The van der Waals surface area contributed by atoms with Gasteiger partial charge in [0, 0.05) is 13.1 Å². The summed E-state index contributed by atoms with van der Waals surface area (Å²) in [6, 6.07) is 3.05. The Morgan fingerprint density at radius 3 is 3.00 bits per heavy atom. The van der Waals surface area contributed by atoms with Crippen molar-refractivity contribution in [1.82, 2.24) is 10.3 Å². The second-order valence-electron chi connectivity index (χ2n) is 3.28. The first-order valence-corrected chi connectivity index (χ1v) is 4.38. The van der Waals surface area contributed by atoms with Crippen LogP contribution in [-0.4, -0.2) is 22.6 Å². The van der Waals surface area contributed by atoms with Crippen molar-refractivity contribution in [1.29, 1.82) is 0 Å². The number of rotatable bonds is 1. The van der Waals surface area contributed by atoms with Gasteiger partial charge in [-0.05, 0) is 11.6 Å². The number of aromatic nitrogens is 1. The van der Waals surface area contributed by atoms with Crippen LogP contribution in [0.3, 0.4) is 0 Å². The molecule has 1 aromatic rings. The lowest BCUT2D eigenvalue weighted by Gasteiger charge is -2.22. The summed E-state index contributed by atoms with van der Waals surface area (Å²) in [4.78, 5) is 14.7. The molecule has 0 radical (unpaired) electrons. The number of hydrogen-bond acceptors (Lipinski definition) is 4.